The van der Waals surface area contributed by atoms with Crippen LogP contribution in [-0.2, 0) is 10.4 Å². The Morgan fingerprint density at radius 3 is 1.16 bits per heavy atom. The maximum Gasteiger partial charge on any atom is 0.380 e. The summed E-state index contributed by atoms with van der Waals surface area (Å²) < 4.78 is 96.3. The molecule has 57 heavy (non-hydrogen) atoms. The second-order valence-corrected chi connectivity index (χ2v) is 19.4. The summed E-state index contributed by atoms with van der Waals surface area (Å²) in [6.07, 6.45) is 0. The molecule has 0 fully saturated rings. The van der Waals surface area contributed by atoms with Crippen LogP contribution in [0.15, 0.2) is 60.7 Å². The van der Waals surface area contributed by atoms with E-state index < -0.39 is 62.2 Å². The average molecular weight is 831 g/mol. The molecule has 0 bridgehead atoms. The van der Waals surface area contributed by atoms with E-state index in [0.717, 1.165) is 34.8 Å². The van der Waals surface area contributed by atoms with Gasteiger partial charge in [-0.05, 0) is 128 Å². The predicted molar refractivity (Wildman–Crippen MR) is 207 cm³/mol. The Labute approximate surface area is 334 Å². The van der Waals surface area contributed by atoms with Crippen molar-refractivity contribution in [1.29, 1.82) is 0 Å². The van der Waals surface area contributed by atoms with Crippen LogP contribution >= 0.6 is 22.7 Å². The zero-order valence-electron chi connectivity index (χ0n) is 32.8. The van der Waals surface area contributed by atoms with E-state index in [1.807, 2.05) is 0 Å². The predicted octanol–water partition coefficient (Wildman–Crippen LogP) is 10.5. The molecule has 2 aromatic heterocycles. The molecule has 3 aliphatic rings. The van der Waals surface area contributed by atoms with Crippen LogP contribution in [-0.4, -0.2) is 71.2 Å². The first kappa shape index (κ1) is 40.8. The van der Waals surface area contributed by atoms with E-state index in [0.29, 0.717) is 30.7 Å². The molecule has 8 nitrogen and oxygen atoms in total. The van der Waals surface area contributed by atoms with Crippen LogP contribution < -0.4 is 0 Å². The number of allylic oxidation sites excluding steroid dienone is 2. The molecule has 4 aromatic rings. The quantitative estimate of drug-likeness (QED) is 0.110. The summed E-state index contributed by atoms with van der Waals surface area (Å²) in [6.45, 7) is 15.8. The lowest BCUT2D eigenvalue weighted by Crippen LogP contribution is -2.53. The molecule has 4 heterocycles. The monoisotopic (exact) mass is 830 g/mol. The third-order valence-corrected chi connectivity index (χ3v) is 14.8. The highest BCUT2D eigenvalue weighted by atomic mass is 32.1. The highest BCUT2D eigenvalue weighted by molar-refractivity contribution is 7.16. The number of halogens is 6. The largest absolute Gasteiger partial charge is 0.714 e. The number of alkyl halides is 6. The lowest BCUT2D eigenvalue weighted by Gasteiger charge is -2.32. The van der Waals surface area contributed by atoms with Crippen molar-refractivity contribution in [1.82, 2.24) is 10.1 Å². The van der Waals surface area contributed by atoms with Crippen molar-refractivity contribution in [2.45, 2.75) is 109 Å². The molecule has 0 saturated heterocycles. The van der Waals surface area contributed by atoms with Gasteiger partial charge in [0.25, 0.3) is 0 Å². The smallest absolute Gasteiger partial charge is 0.380 e. The Bertz CT molecular complexity index is 2290. The fourth-order valence-corrected chi connectivity index (χ4v) is 9.53. The Morgan fingerprint density at radius 1 is 0.544 bits per heavy atom. The highest BCUT2D eigenvalue weighted by Crippen LogP contribution is 2.66. The molecule has 2 radical (unpaired) electrons. The molecular weight excluding hydrogens is 791 g/mol. The SMILES string of the molecule is Cc1sc(-c2cccc(C3=[N+]([O-])C(C)(C)C(C)(C)N3[O])c2)cc1C1=C(c2cc(-c3cccc(C4=[N+]([O-])C(C)(C)C(C)(C)N4[O])c3)sc2C)C(F)(F)C(F)(F)C1(F)F. The number of hydrogen-bond acceptors (Lipinski definition) is 6. The standard InChI is InChI=1S/C41H40F6N4O4S2/c1-21-27(19-29(56-21)23-13-11-15-25(17-23)33-48(52)35(3,4)36(5,6)49(33)53)31-32(40(44,45)41(46,47)39(31,42)43)28-20-30(57-22(28)2)24-14-12-16-26(18-24)34-50(54)37(7,8)38(9,10)51(34)55/h11-20H,1-10H3. The van der Waals surface area contributed by atoms with E-state index in [1.54, 1.807) is 79.7 Å². The number of aryl methyl sites for hydroxylation is 2. The lowest BCUT2D eigenvalue weighted by molar-refractivity contribution is -0.539. The number of hydroxylamine groups is 6. The molecule has 0 saturated carbocycles. The molecule has 0 atom stereocenters. The van der Waals surface area contributed by atoms with Gasteiger partial charge in [-0.1, -0.05) is 34.4 Å². The van der Waals surface area contributed by atoms with Crippen LogP contribution in [0.4, 0.5) is 26.3 Å². The van der Waals surface area contributed by atoms with E-state index in [1.165, 1.54) is 38.1 Å². The van der Waals surface area contributed by atoms with Crippen LogP contribution in [0.3, 0.4) is 0 Å². The van der Waals surface area contributed by atoms with E-state index in [4.69, 9.17) is 0 Å². The summed E-state index contributed by atoms with van der Waals surface area (Å²) in [5, 5.41) is 54.6. The van der Waals surface area contributed by atoms with Crippen LogP contribution in [0.1, 0.15) is 87.4 Å². The molecule has 2 aromatic carbocycles. The third kappa shape index (κ3) is 5.25. The Balaban J connectivity index is 1.35. The van der Waals surface area contributed by atoms with Gasteiger partial charge in [-0.15, -0.1) is 22.7 Å². The van der Waals surface area contributed by atoms with E-state index in [2.05, 4.69) is 0 Å². The second-order valence-electron chi connectivity index (χ2n) is 16.9. The Kier molecular flexibility index (Phi) is 8.82. The molecule has 16 heteroatoms. The molecule has 1 aliphatic carbocycles. The van der Waals surface area contributed by atoms with Crippen molar-refractivity contribution in [3.63, 3.8) is 0 Å². The summed E-state index contributed by atoms with van der Waals surface area (Å²) in [5.41, 5.74) is -7.34. The summed E-state index contributed by atoms with van der Waals surface area (Å²) in [4.78, 5) is 0.639. The minimum atomic E-state index is -5.80. The summed E-state index contributed by atoms with van der Waals surface area (Å²) in [5.74, 6) is -16.8. The van der Waals surface area contributed by atoms with Crippen LogP contribution in [0.5, 0.6) is 0 Å². The van der Waals surface area contributed by atoms with E-state index in [-0.39, 0.29) is 42.3 Å². The van der Waals surface area contributed by atoms with Gasteiger partial charge in [-0.2, -0.15) is 26.3 Å². The minimum absolute atomic E-state index is 0.0624. The number of thiophene rings is 2. The molecule has 0 unspecified atom stereocenters. The maximum absolute atomic E-state index is 16.0. The van der Waals surface area contributed by atoms with Crippen molar-refractivity contribution >= 4 is 45.5 Å². The zero-order valence-corrected chi connectivity index (χ0v) is 34.4. The van der Waals surface area contributed by atoms with Gasteiger partial charge in [0.15, 0.2) is 11.1 Å². The Hall–Kier alpha value is -4.38. The van der Waals surface area contributed by atoms with Gasteiger partial charge in [-0.25, -0.2) is 0 Å². The molecule has 0 N–H and O–H groups in total. The average Bonchev–Trinajstić information content (AvgIpc) is 3.78. The summed E-state index contributed by atoms with van der Waals surface area (Å²) in [6, 6.07) is 14.6. The number of rotatable bonds is 6. The van der Waals surface area contributed by atoms with Gasteiger partial charge in [-0.3, -0.25) is 9.48 Å². The normalized spacial score (nSPS) is 22.7. The second kappa shape index (κ2) is 12.3. The van der Waals surface area contributed by atoms with Crippen LogP contribution in [0.25, 0.3) is 32.0 Å². The molecular formula is C41H40F6N4O4S2. The van der Waals surface area contributed by atoms with Crippen molar-refractivity contribution in [2.24, 2.45) is 0 Å². The van der Waals surface area contributed by atoms with Crippen molar-refractivity contribution in [3.8, 4) is 20.9 Å². The van der Waals surface area contributed by atoms with Gasteiger partial charge < -0.3 is 10.4 Å². The maximum atomic E-state index is 16.0. The highest BCUT2D eigenvalue weighted by Gasteiger charge is 2.80. The van der Waals surface area contributed by atoms with Gasteiger partial charge in [0.05, 0.1) is 11.1 Å². The number of benzene rings is 2. The molecule has 2 aliphatic heterocycles. The Morgan fingerprint density at radius 2 is 0.860 bits per heavy atom. The fraction of sp³-hybridized carbons (Fsp3) is 0.415. The van der Waals surface area contributed by atoms with E-state index >= 15 is 26.3 Å². The molecule has 0 amide bonds. The van der Waals surface area contributed by atoms with Crippen LogP contribution in [0, 0.1) is 24.3 Å². The van der Waals surface area contributed by atoms with Crippen molar-refractivity contribution < 1.29 is 46.2 Å². The molecule has 7 rings (SSSR count). The molecule has 0 spiro atoms. The first-order chi connectivity index (χ1) is 26.1. The van der Waals surface area contributed by atoms with Gasteiger partial charge in [0.2, 0.25) is 0 Å². The number of hydrogen-bond donors (Lipinski definition) is 0. The number of nitrogens with zero attached hydrogens (tertiary/aromatic N) is 4. The lowest BCUT2D eigenvalue weighted by atomic mass is 9.84. The zero-order chi connectivity index (χ0) is 42.4. The molecule has 302 valence electrons. The topological polar surface area (TPSA) is 98.4 Å². The number of amidine groups is 2. The minimum Gasteiger partial charge on any atom is -0.714 e. The van der Waals surface area contributed by atoms with E-state index in [9.17, 15) is 20.8 Å². The first-order valence-electron chi connectivity index (χ1n) is 18.0. The van der Waals surface area contributed by atoms with Gasteiger partial charge in [0.1, 0.15) is 11.1 Å². The summed E-state index contributed by atoms with van der Waals surface area (Å²) >= 11 is 1.83. The van der Waals surface area contributed by atoms with Crippen molar-refractivity contribution in [2.75, 3.05) is 0 Å². The fourth-order valence-electron chi connectivity index (χ4n) is 7.49. The van der Waals surface area contributed by atoms with Gasteiger partial charge in [0, 0.05) is 41.1 Å². The van der Waals surface area contributed by atoms with Crippen molar-refractivity contribution in [3.05, 3.63) is 103 Å². The van der Waals surface area contributed by atoms with Gasteiger partial charge >= 0.3 is 29.4 Å². The third-order valence-electron chi connectivity index (χ3n) is 12.6. The summed E-state index contributed by atoms with van der Waals surface area (Å²) in [7, 11) is 0. The van der Waals surface area contributed by atoms with Crippen LogP contribution in [0.2, 0.25) is 0 Å². The first-order valence-corrected chi connectivity index (χ1v) is 19.6.